The fraction of sp³-hybridized carbons (Fsp3) is 0.632. The Morgan fingerprint density at radius 2 is 2.17 bits per heavy atom. The molecular weight excluding hydrogens is 288 g/mol. The third-order valence-electron chi connectivity index (χ3n) is 5.34. The molecule has 1 saturated carbocycles. The summed E-state index contributed by atoms with van der Waals surface area (Å²) in [4.78, 5) is 12.8. The molecule has 2 fully saturated rings. The van der Waals surface area contributed by atoms with Gasteiger partial charge in [0, 0.05) is 13.1 Å². The van der Waals surface area contributed by atoms with Crippen LogP contribution in [-0.2, 0) is 11.3 Å². The van der Waals surface area contributed by atoms with E-state index in [0.717, 1.165) is 43.9 Å². The average Bonchev–Trinajstić information content (AvgIpc) is 3.04. The van der Waals surface area contributed by atoms with E-state index in [1.165, 1.54) is 19.3 Å². The van der Waals surface area contributed by atoms with E-state index in [0.29, 0.717) is 12.5 Å². The van der Waals surface area contributed by atoms with Crippen molar-refractivity contribution in [3.63, 3.8) is 0 Å². The van der Waals surface area contributed by atoms with Gasteiger partial charge < -0.3 is 15.4 Å². The van der Waals surface area contributed by atoms with Crippen LogP contribution in [0.2, 0.25) is 0 Å². The second-order valence-electron chi connectivity index (χ2n) is 6.90. The van der Waals surface area contributed by atoms with Crippen molar-refractivity contribution >= 4 is 5.91 Å². The monoisotopic (exact) mass is 316 g/mol. The molecule has 23 heavy (non-hydrogen) atoms. The Labute approximate surface area is 139 Å². The van der Waals surface area contributed by atoms with Crippen molar-refractivity contribution in [2.24, 2.45) is 11.3 Å². The van der Waals surface area contributed by atoms with Crippen LogP contribution >= 0.6 is 0 Å². The van der Waals surface area contributed by atoms with Crippen LogP contribution in [0.3, 0.4) is 0 Å². The van der Waals surface area contributed by atoms with E-state index in [9.17, 15) is 4.79 Å². The first kappa shape index (κ1) is 16.3. The molecule has 1 aliphatic carbocycles. The van der Waals surface area contributed by atoms with Crippen molar-refractivity contribution in [2.75, 3.05) is 19.7 Å². The molecule has 1 aromatic carbocycles. The van der Waals surface area contributed by atoms with Gasteiger partial charge in [0.15, 0.2) is 0 Å². The summed E-state index contributed by atoms with van der Waals surface area (Å²) in [5, 5.41) is 6.61. The molecule has 2 aliphatic rings. The molecule has 4 heteroatoms. The normalized spacial score (nSPS) is 26.6. The van der Waals surface area contributed by atoms with Crippen molar-refractivity contribution in [3.05, 3.63) is 29.8 Å². The van der Waals surface area contributed by atoms with Crippen LogP contribution in [0.15, 0.2) is 24.3 Å². The van der Waals surface area contributed by atoms with Crippen LogP contribution < -0.4 is 15.4 Å². The smallest absolute Gasteiger partial charge is 0.228 e. The number of hydrogen-bond acceptors (Lipinski definition) is 3. The van der Waals surface area contributed by atoms with Crippen LogP contribution in [0.25, 0.3) is 0 Å². The lowest BCUT2D eigenvalue weighted by atomic mass is 9.67. The maximum Gasteiger partial charge on any atom is 0.228 e. The number of amides is 1. The zero-order valence-electron chi connectivity index (χ0n) is 14.1. The van der Waals surface area contributed by atoms with Gasteiger partial charge >= 0.3 is 0 Å². The maximum atomic E-state index is 12.8. The number of carbonyl (C=O) groups is 1. The van der Waals surface area contributed by atoms with Gasteiger partial charge in [-0.25, -0.2) is 0 Å². The van der Waals surface area contributed by atoms with Gasteiger partial charge in [-0.05, 0) is 49.4 Å². The zero-order chi connectivity index (χ0) is 16.1. The summed E-state index contributed by atoms with van der Waals surface area (Å²) in [6.45, 7) is 5.28. The van der Waals surface area contributed by atoms with Gasteiger partial charge in [-0.15, -0.1) is 0 Å². The van der Waals surface area contributed by atoms with Crippen LogP contribution in [0.1, 0.15) is 44.6 Å². The Balaban J connectivity index is 1.56. The Morgan fingerprint density at radius 1 is 1.35 bits per heavy atom. The SMILES string of the molecule is CCCOc1ccc(CNC(=O)[C@@]23CCCC[C@H]2CNC3)cc1. The molecule has 0 unspecified atom stereocenters. The summed E-state index contributed by atoms with van der Waals surface area (Å²) in [5.74, 6) is 1.65. The molecular formula is C19H28N2O2. The summed E-state index contributed by atoms with van der Waals surface area (Å²) < 4.78 is 5.59. The van der Waals surface area contributed by atoms with E-state index in [1.807, 2.05) is 24.3 Å². The van der Waals surface area contributed by atoms with Gasteiger partial charge in [0.2, 0.25) is 5.91 Å². The molecule has 0 radical (unpaired) electrons. The quantitative estimate of drug-likeness (QED) is 0.848. The lowest BCUT2D eigenvalue weighted by Crippen LogP contribution is -2.47. The minimum atomic E-state index is -0.164. The first-order valence-electron chi connectivity index (χ1n) is 8.95. The first-order chi connectivity index (χ1) is 11.2. The molecule has 1 amide bonds. The van der Waals surface area contributed by atoms with Crippen molar-refractivity contribution in [2.45, 2.75) is 45.6 Å². The number of carbonyl (C=O) groups excluding carboxylic acids is 1. The fourth-order valence-electron chi connectivity index (χ4n) is 3.97. The highest BCUT2D eigenvalue weighted by molar-refractivity contribution is 5.83. The van der Waals surface area contributed by atoms with Gasteiger partial charge in [-0.2, -0.15) is 0 Å². The molecule has 2 atom stereocenters. The minimum Gasteiger partial charge on any atom is -0.494 e. The predicted octanol–water partition coefficient (Wildman–Crippen LogP) is 2.87. The van der Waals surface area contributed by atoms with E-state index in [-0.39, 0.29) is 11.3 Å². The Kier molecular flexibility index (Phi) is 5.21. The topological polar surface area (TPSA) is 50.4 Å². The van der Waals surface area contributed by atoms with Gasteiger partial charge in [-0.1, -0.05) is 31.9 Å². The van der Waals surface area contributed by atoms with Gasteiger partial charge in [0.1, 0.15) is 5.75 Å². The number of ether oxygens (including phenoxy) is 1. The van der Waals surface area contributed by atoms with Crippen LogP contribution in [0.5, 0.6) is 5.75 Å². The third kappa shape index (κ3) is 3.52. The van der Waals surface area contributed by atoms with Crippen molar-refractivity contribution in [3.8, 4) is 5.75 Å². The summed E-state index contributed by atoms with van der Waals surface area (Å²) in [5.41, 5.74) is 0.958. The molecule has 3 rings (SSSR count). The van der Waals surface area contributed by atoms with E-state index in [1.54, 1.807) is 0 Å². The van der Waals surface area contributed by atoms with E-state index < -0.39 is 0 Å². The predicted molar refractivity (Wildman–Crippen MR) is 91.3 cm³/mol. The molecule has 1 saturated heterocycles. The average molecular weight is 316 g/mol. The molecule has 4 nitrogen and oxygen atoms in total. The highest BCUT2D eigenvalue weighted by Crippen LogP contribution is 2.43. The second kappa shape index (κ2) is 7.35. The minimum absolute atomic E-state index is 0.164. The summed E-state index contributed by atoms with van der Waals surface area (Å²) in [6.07, 6.45) is 5.66. The summed E-state index contributed by atoms with van der Waals surface area (Å²) >= 11 is 0. The Hall–Kier alpha value is -1.55. The summed E-state index contributed by atoms with van der Waals surface area (Å²) in [6, 6.07) is 8.04. The highest BCUT2D eigenvalue weighted by atomic mass is 16.5. The molecule has 1 heterocycles. The zero-order valence-corrected chi connectivity index (χ0v) is 14.1. The largest absolute Gasteiger partial charge is 0.494 e. The molecule has 0 spiro atoms. The lowest BCUT2D eigenvalue weighted by Gasteiger charge is -2.37. The lowest BCUT2D eigenvalue weighted by molar-refractivity contribution is -0.134. The molecule has 0 aromatic heterocycles. The number of fused-ring (bicyclic) bond motifs is 1. The number of rotatable bonds is 6. The van der Waals surface area contributed by atoms with E-state index >= 15 is 0 Å². The molecule has 0 bridgehead atoms. The van der Waals surface area contributed by atoms with Gasteiger partial charge in [0.05, 0.1) is 12.0 Å². The van der Waals surface area contributed by atoms with Gasteiger partial charge in [-0.3, -0.25) is 4.79 Å². The van der Waals surface area contributed by atoms with Crippen LogP contribution in [-0.4, -0.2) is 25.6 Å². The number of hydrogen-bond donors (Lipinski definition) is 2. The molecule has 1 aliphatic heterocycles. The van der Waals surface area contributed by atoms with Crippen molar-refractivity contribution in [1.29, 1.82) is 0 Å². The third-order valence-corrected chi connectivity index (χ3v) is 5.34. The van der Waals surface area contributed by atoms with E-state index in [4.69, 9.17) is 4.74 Å². The standard InChI is InChI=1S/C19H28N2O2/c1-2-11-23-17-8-6-15(7-9-17)12-21-18(22)19-10-4-3-5-16(19)13-20-14-19/h6-9,16,20H,2-5,10-14H2,1H3,(H,21,22)/t16-,19+/m0/s1. The highest BCUT2D eigenvalue weighted by Gasteiger charge is 2.49. The summed E-state index contributed by atoms with van der Waals surface area (Å²) in [7, 11) is 0. The molecule has 126 valence electrons. The Bertz CT molecular complexity index is 529. The number of benzene rings is 1. The van der Waals surface area contributed by atoms with Gasteiger partial charge in [0.25, 0.3) is 0 Å². The Morgan fingerprint density at radius 3 is 2.96 bits per heavy atom. The van der Waals surface area contributed by atoms with E-state index in [2.05, 4.69) is 17.6 Å². The number of nitrogens with one attached hydrogen (secondary N) is 2. The molecule has 1 aromatic rings. The maximum absolute atomic E-state index is 12.8. The van der Waals surface area contributed by atoms with Crippen LogP contribution in [0.4, 0.5) is 0 Å². The second-order valence-corrected chi connectivity index (χ2v) is 6.90. The van der Waals surface area contributed by atoms with Crippen molar-refractivity contribution in [1.82, 2.24) is 10.6 Å². The van der Waals surface area contributed by atoms with Crippen LogP contribution in [0, 0.1) is 11.3 Å². The molecule has 2 N–H and O–H groups in total. The van der Waals surface area contributed by atoms with Crippen molar-refractivity contribution < 1.29 is 9.53 Å². The first-order valence-corrected chi connectivity index (χ1v) is 8.95. The fourth-order valence-corrected chi connectivity index (χ4v) is 3.97.